The van der Waals surface area contributed by atoms with Crippen LogP contribution in [-0.4, -0.2) is 15.1 Å². The van der Waals surface area contributed by atoms with E-state index in [1.165, 1.54) is 6.07 Å². The number of H-pyrrole nitrogens is 1. The van der Waals surface area contributed by atoms with Gasteiger partial charge in [-0.15, -0.1) is 0 Å². The molecule has 0 radical (unpaired) electrons. The Balaban J connectivity index is 2.65. The minimum absolute atomic E-state index is 0.136. The van der Waals surface area contributed by atoms with Crippen LogP contribution in [0.1, 0.15) is 0 Å². The molecule has 1 aromatic carbocycles. The molecule has 0 unspecified atom stereocenters. The first-order valence-electron chi connectivity index (χ1n) is 4.43. The van der Waals surface area contributed by atoms with Gasteiger partial charge in [0.25, 0.3) is 5.56 Å². The third-order valence-electron chi connectivity index (χ3n) is 2.03. The summed E-state index contributed by atoms with van der Waals surface area (Å²) in [7, 11) is 0. The molecular weight excluding hydrogens is 378 g/mol. The first-order valence-corrected chi connectivity index (χ1v) is 6.26. The summed E-state index contributed by atoms with van der Waals surface area (Å²) in [4.78, 5) is 17.9. The van der Waals surface area contributed by atoms with Crippen molar-refractivity contribution >= 4 is 45.8 Å². The van der Waals surface area contributed by atoms with E-state index >= 15 is 0 Å². The smallest absolute Gasteiger partial charge is 0.268 e. The Labute approximate surface area is 120 Å². The highest BCUT2D eigenvalue weighted by atomic mass is 127. The highest BCUT2D eigenvalue weighted by Crippen LogP contribution is 2.28. The maximum absolute atomic E-state index is 11.5. The molecule has 0 atom stereocenters. The monoisotopic (exact) mass is 382 g/mol. The normalized spacial score (nSPS) is 10.5. The van der Waals surface area contributed by atoms with Crippen molar-refractivity contribution in [2.45, 2.75) is 0 Å². The van der Waals surface area contributed by atoms with Crippen LogP contribution in [0.15, 0.2) is 23.0 Å². The molecule has 2 rings (SSSR count). The molecular formula is C10H5Cl2IN2O2. The van der Waals surface area contributed by atoms with Gasteiger partial charge in [0, 0.05) is 10.6 Å². The lowest BCUT2D eigenvalue weighted by molar-refractivity contribution is 0.447. The van der Waals surface area contributed by atoms with E-state index in [1.54, 1.807) is 34.7 Å². The van der Waals surface area contributed by atoms with E-state index in [4.69, 9.17) is 23.2 Å². The summed E-state index contributed by atoms with van der Waals surface area (Å²) >= 11 is 13.5. The van der Waals surface area contributed by atoms with Gasteiger partial charge < -0.3 is 10.1 Å². The largest absolute Gasteiger partial charge is 0.492 e. The number of nitrogens with one attached hydrogen (secondary N) is 1. The summed E-state index contributed by atoms with van der Waals surface area (Å²) in [5.74, 6) is -0.120. The van der Waals surface area contributed by atoms with E-state index in [-0.39, 0.29) is 15.3 Å². The molecule has 7 heteroatoms. The van der Waals surface area contributed by atoms with Crippen LogP contribution in [0, 0.1) is 3.57 Å². The molecule has 1 heterocycles. The Kier molecular flexibility index (Phi) is 3.60. The summed E-state index contributed by atoms with van der Waals surface area (Å²) < 4.78 is 0.136. The molecule has 88 valence electrons. The second kappa shape index (κ2) is 4.83. The van der Waals surface area contributed by atoms with Gasteiger partial charge in [-0.25, -0.2) is 0 Å². The average Bonchev–Trinajstić information content (AvgIpc) is 2.25. The van der Waals surface area contributed by atoms with E-state index < -0.39 is 5.56 Å². The van der Waals surface area contributed by atoms with Gasteiger partial charge in [0.2, 0.25) is 5.88 Å². The van der Waals surface area contributed by atoms with Gasteiger partial charge in [0.05, 0.1) is 5.02 Å². The van der Waals surface area contributed by atoms with Crippen LogP contribution >= 0.6 is 45.8 Å². The van der Waals surface area contributed by atoms with Crippen molar-refractivity contribution in [2.24, 2.45) is 0 Å². The molecule has 0 aliphatic carbocycles. The topological polar surface area (TPSA) is 66.0 Å². The van der Waals surface area contributed by atoms with Crippen molar-refractivity contribution in [2.75, 3.05) is 0 Å². The summed E-state index contributed by atoms with van der Waals surface area (Å²) in [5.41, 5.74) is 0.0824. The van der Waals surface area contributed by atoms with E-state index in [1.807, 2.05) is 0 Å². The van der Waals surface area contributed by atoms with Crippen LogP contribution in [0.5, 0.6) is 5.88 Å². The molecule has 0 aliphatic heterocycles. The molecule has 1 aromatic heterocycles. The van der Waals surface area contributed by atoms with Crippen LogP contribution < -0.4 is 5.56 Å². The van der Waals surface area contributed by atoms with Gasteiger partial charge in [-0.05, 0) is 40.8 Å². The molecule has 0 saturated heterocycles. The van der Waals surface area contributed by atoms with Gasteiger partial charge >= 0.3 is 0 Å². The second-order valence-electron chi connectivity index (χ2n) is 3.18. The minimum atomic E-state index is -0.417. The maximum Gasteiger partial charge on any atom is 0.268 e. The van der Waals surface area contributed by atoms with E-state index in [0.29, 0.717) is 15.6 Å². The number of aromatic hydroxyl groups is 1. The minimum Gasteiger partial charge on any atom is -0.492 e. The number of halogens is 3. The van der Waals surface area contributed by atoms with E-state index in [9.17, 15) is 9.90 Å². The number of aromatic amines is 1. The second-order valence-corrected chi connectivity index (χ2v) is 5.10. The van der Waals surface area contributed by atoms with Gasteiger partial charge in [-0.2, -0.15) is 4.98 Å². The van der Waals surface area contributed by atoms with Crippen LogP contribution in [-0.2, 0) is 0 Å². The molecule has 0 bridgehead atoms. The quantitative estimate of drug-likeness (QED) is 0.745. The first-order chi connectivity index (χ1) is 7.99. The highest BCUT2D eigenvalue weighted by Gasteiger charge is 2.11. The Morgan fingerprint density at radius 3 is 2.65 bits per heavy atom. The molecule has 4 nitrogen and oxygen atoms in total. The van der Waals surface area contributed by atoms with Gasteiger partial charge in [0.1, 0.15) is 9.39 Å². The number of hydrogen-bond donors (Lipinski definition) is 2. The standard InChI is InChI=1S/C10H5Cl2IN2O2/c11-4-1-2-5(6(12)3-4)8-14-9(16)7(13)10(17)15-8/h1-3H,(H2,14,15,16,17). The van der Waals surface area contributed by atoms with Crippen molar-refractivity contribution in [3.05, 3.63) is 42.2 Å². The summed E-state index contributed by atoms with van der Waals surface area (Å²) in [6.07, 6.45) is 0. The fraction of sp³-hybridized carbons (Fsp3) is 0. The maximum atomic E-state index is 11.5. The summed E-state index contributed by atoms with van der Waals surface area (Å²) in [6.45, 7) is 0. The Morgan fingerprint density at radius 2 is 2.06 bits per heavy atom. The van der Waals surface area contributed by atoms with Gasteiger partial charge in [-0.1, -0.05) is 23.2 Å². The molecule has 2 N–H and O–H groups in total. The lowest BCUT2D eigenvalue weighted by Gasteiger charge is -2.05. The van der Waals surface area contributed by atoms with E-state index in [0.717, 1.165) is 0 Å². The molecule has 0 spiro atoms. The van der Waals surface area contributed by atoms with Gasteiger partial charge in [0.15, 0.2) is 0 Å². The third kappa shape index (κ3) is 2.56. The first kappa shape index (κ1) is 12.7. The molecule has 0 saturated carbocycles. The van der Waals surface area contributed by atoms with Crippen molar-refractivity contribution < 1.29 is 5.11 Å². The molecule has 0 amide bonds. The van der Waals surface area contributed by atoms with Crippen LogP contribution in [0.3, 0.4) is 0 Å². The molecule has 17 heavy (non-hydrogen) atoms. The zero-order chi connectivity index (χ0) is 12.6. The van der Waals surface area contributed by atoms with Crippen LogP contribution in [0.25, 0.3) is 11.4 Å². The van der Waals surface area contributed by atoms with Gasteiger partial charge in [-0.3, -0.25) is 4.79 Å². The Hall–Kier alpha value is -0.790. The molecule has 0 aliphatic rings. The van der Waals surface area contributed by atoms with Crippen LogP contribution in [0.2, 0.25) is 10.0 Å². The number of hydrogen-bond acceptors (Lipinski definition) is 3. The average molecular weight is 383 g/mol. The third-order valence-corrected chi connectivity index (χ3v) is 3.55. The lowest BCUT2D eigenvalue weighted by atomic mass is 10.2. The molecule has 2 aromatic rings. The fourth-order valence-electron chi connectivity index (χ4n) is 1.26. The zero-order valence-electron chi connectivity index (χ0n) is 8.17. The number of nitrogens with zero attached hydrogens (tertiary/aromatic N) is 1. The predicted octanol–water partition coefficient (Wildman–Crippen LogP) is 3.05. The predicted molar refractivity (Wildman–Crippen MR) is 74.7 cm³/mol. The Bertz CT molecular complexity index is 643. The molecule has 0 fully saturated rings. The number of aromatic nitrogens is 2. The summed E-state index contributed by atoms with van der Waals surface area (Å²) in [5, 5.41) is 10.3. The van der Waals surface area contributed by atoms with Crippen LogP contribution in [0.4, 0.5) is 0 Å². The van der Waals surface area contributed by atoms with E-state index in [2.05, 4.69) is 9.97 Å². The number of benzene rings is 1. The van der Waals surface area contributed by atoms with Crippen molar-refractivity contribution in [3.8, 4) is 17.3 Å². The van der Waals surface area contributed by atoms with Crippen molar-refractivity contribution in [3.63, 3.8) is 0 Å². The highest BCUT2D eigenvalue weighted by molar-refractivity contribution is 14.1. The number of rotatable bonds is 1. The lowest BCUT2D eigenvalue weighted by Crippen LogP contribution is -2.12. The SMILES string of the molecule is O=c1[nH]c(-c2ccc(Cl)cc2Cl)nc(O)c1I. The fourth-order valence-corrected chi connectivity index (χ4v) is 2.01. The summed E-state index contributed by atoms with van der Waals surface area (Å²) in [6, 6.07) is 4.78. The Morgan fingerprint density at radius 1 is 1.35 bits per heavy atom. The van der Waals surface area contributed by atoms with Crippen molar-refractivity contribution in [1.29, 1.82) is 0 Å². The zero-order valence-corrected chi connectivity index (χ0v) is 11.8. The van der Waals surface area contributed by atoms with Crippen molar-refractivity contribution in [1.82, 2.24) is 9.97 Å².